The molecule has 0 saturated heterocycles. The van der Waals surface area contributed by atoms with Gasteiger partial charge in [0.1, 0.15) is 13.2 Å². The first-order chi connectivity index (χ1) is 25.0. The normalized spacial score (nSPS) is 9.00. The molecule has 0 bridgehead atoms. The Morgan fingerprint density at radius 2 is 0.552 bits per heavy atom. The second-order valence-electron chi connectivity index (χ2n) is 12.5. The molecule has 0 radical (unpaired) electrons. The van der Waals surface area contributed by atoms with Crippen molar-refractivity contribution in [1.29, 1.82) is 0 Å². The molecule has 0 aromatic heterocycles. The lowest BCUT2D eigenvalue weighted by Gasteiger charge is -2.07. The summed E-state index contributed by atoms with van der Waals surface area (Å²) in [6, 6.07) is 29.7. The molecule has 4 aromatic carbocycles. The van der Waals surface area contributed by atoms with Gasteiger partial charge in [-0.05, 0) is 94.2 Å². The second-order valence-corrected chi connectivity index (χ2v) is 12.5. The Labute approximate surface area is 359 Å². The molecule has 0 N–H and O–H groups in total. The van der Waals surface area contributed by atoms with Gasteiger partial charge < -0.3 is 18.9 Å². The van der Waals surface area contributed by atoms with Crippen LogP contribution in [-0.4, -0.2) is 26.2 Å². The Morgan fingerprint density at radius 1 is 0.345 bits per heavy atom. The van der Waals surface area contributed by atoms with E-state index in [4.69, 9.17) is 18.9 Å². The van der Waals surface area contributed by atoms with Crippen molar-refractivity contribution >= 4 is 11.9 Å². The maximum absolute atomic E-state index is 10.7. The zero-order valence-corrected chi connectivity index (χ0v) is 33.6. The average molecular weight is 809 g/mol. The first-order valence-corrected chi connectivity index (χ1v) is 18.7. The summed E-state index contributed by atoms with van der Waals surface area (Å²) in [4.78, 5) is 21.2. The minimum absolute atomic E-state index is 0. The van der Waals surface area contributed by atoms with E-state index < -0.39 is 0 Å². The number of hydrogen-bond acceptors (Lipinski definition) is 6. The molecular weight excluding hydrogens is 721 g/mol. The van der Waals surface area contributed by atoms with Crippen molar-refractivity contribution in [1.82, 2.24) is 0 Å². The predicted octanol–water partition coefficient (Wildman–Crippen LogP) is 14.4. The van der Waals surface area contributed by atoms with Gasteiger partial charge >= 0.3 is 11.9 Å². The quantitative estimate of drug-likeness (QED) is 0.118. The minimum Gasteiger partial charge on any atom is -0.461 e. The van der Waals surface area contributed by atoms with Crippen LogP contribution in [0.5, 0.6) is 0 Å². The van der Waals surface area contributed by atoms with E-state index in [0.717, 1.165) is 56.3 Å². The van der Waals surface area contributed by atoms with E-state index in [-0.39, 0.29) is 56.5 Å². The van der Waals surface area contributed by atoms with Crippen molar-refractivity contribution in [2.24, 2.45) is 0 Å². The highest BCUT2D eigenvalue weighted by atomic mass is 16.5. The van der Waals surface area contributed by atoms with E-state index in [2.05, 4.69) is 114 Å². The number of ether oxygens (including phenoxy) is 4. The monoisotopic (exact) mass is 809 g/mol. The van der Waals surface area contributed by atoms with E-state index in [1.165, 1.54) is 58.4 Å². The zero-order chi connectivity index (χ0) is 38.7. The molecule has 0 unspecified atom stereocenters. The Hall–Kier alpha value is -4.26. The van der Waals surface area contributed by atoms with Crippen molar-refractivity contribution in [2.75, 3.05) is 14.2 Å². The van der Waals surface area contributed by atoms with Crippen LogP contribution in [0, 0.1) is 0 Å². The lowest BCUT2D eigenvalue weighted by Crippen LogP contribution is -2.00. The van der Waals surface area contributed by atoms with E-state index >= 15 is 0 Å². The lowest BCUT2D eigenvalue weighted by molar-refractivity contribution is -0.143. The van der Waals surface area contributed by atoms with Crippen LogP contribution in [0.2, 0.25) is 0 Å². The molecule has 0 heterocycles. The Kier molecular flexibility index (Phi) is 44.7. The Bertz CT molecular complexity index is 1510. The van der Waals surface area contributed by atoms with Gasteiger partial charge in [-0.3, -0.25) is 9.59 Å². The largest absolute Gasteiger partial charge is 0.461 e. The van der Waals surface area contributed by atoms with Crippen LogP contribution in [0.15, 0.2) is 84.9 Å². The molecule has 4 aromatic rings. The molecule has 332 valence electrons. The topological polar surface area (TPSA) is 71.1 Å². The van der Waals surface area contributed by atoms with Gasteiger partial charge in [0.2, 0.25) is 0 Å². The smallest absolute Gasteiger partial charge is 0.302 e. The highest BCUT2D eigenvalue weighted by molar-refractivity contribution is 5.66. The number of aryl methyl sites for hydroxylation is 6. The summed E-state index contributed by atoms with van der Waals surface area (Å²) in [5, 5.41) is 0. The van der Waals surface area contributed by atoms with Gasteiger partial charge in [-0.25, -0.2) is 0 Å². The van der Waals surface area contributed by atoms with E-state index in [1.807, 2.05) is 12.1 Å². The molecular formula is C52H88O6. The molecule has 6 nitrogen and oxygen atoms in total. The van der Waals surface area contributed by atoms with Crippen LogP contribution in [0.1, 0.15) is 156 Å². The number of esters is 2. The standard InChI is InChI=1S/C13H18O2.C12H18O.C11H14O2.C10H14O.6CH4/c1-4-11-6-12(5-2)8-13(7-11)9-15-10(3)14;1-4-10-6-11(5-2)8-12(7-10)9-13-3;1-3-10-4-6-11(7-5-10)8-13-9(2)12;1-3-9-4-6-10(7-5-9)8-11-2;;;;;;/h6-8H,4-5,9H2,1-3H3;6-8H,4-5,9H2,1-3H3;4-7H,3,8H2,1-2H3;4-7H,3,8H2,1-2H3;6*1H4. The number of benzene rings is 4. The van der Waals surface area contributed by atoms with Gasteiger partial charge in [0.25, 0.3) is 0 Å². The molecule has 6 heteroatoms. The molecule has 0 aliphatic heterocycles. The Balaban J connectivity index is -0.000000151. The third-order valence-corrected chi connectivity index (χ3v) is 8.23. The number of carbonyl (C=O) groups is 2. The van der Waals surface area contributed by atoms with E-state index in [0.29, 0.717) is 19.8 Å². The van der Waals surface area contributed by atoms with E-state index in [1.54, 1.807) is 14.2 Å². The minimum atomic E-state index is -0.237. The summed E-state index contributed by atoms with van der Waals surface area (Å²) in [5.74, 6) is -0.463. The first-order valence-electron chi connectivity index (χ1n) is 18.7. The summed E-state index contributed by atoms with van der Waals surface area (Å²) in [5.41, 5.74) is 12.7. The molecule has 58 heavy (non-hydrogen) atoms. The fourth-order valence-electron chi connectivity index (χ4n) is 5.11. The van der Waals surface area contributed by atoms with Crippen molar-refractivity contribution in [3.8, 4) is 0 Å². The van der Waals surface area contributed by atoms with Gasteiger partial charge in [0.15, 0.2) is 0 Å². The zero-order valence-electron chi connectivity index (χ0n) is 33.6. The molecule has 4 rings (SSSR count). The van der Waals surface area contributed by atoms with Gasteiger partial charge in [-0.2, -0.15) is 0 Å². The molecule has 0 fully saturated rings. The van der Waals surface area contributed by atoms with Gasteiger partial charge in [-0.1, -0.05) is 171 Å². The summed E-state index contributed by atoms with van der Waals surface area (Å²) in [6.07, 6.45) is 6.37. The second kappa shape index (κ2) is 39.6. The number of hydrogen-bond donors (Lipinski definition) is 0. The lowest BCUT2D eigenvalue weighted by atomic mass is 10.0. The van der Waals surface area contributed by atoms with Crippen molar-refractivity contribution < 1.29 is 28.5 Å². The van der Waals surface area contributed by atoms with Crippen molar-refractivity contribution in [3.63, 3.8) is 0 Å². The van der Waals surface area contributed by atoms with Gasteiger partial charge in [0.05, 0.1) is 13.2 Å². The highest BCUT2D eigenvalue weighted by Gasteiger charge is 2.02. The van der Waals surface area contributed by atoms with Gasteiger partial charge in [-0.15, -0.1) is 0 Å². The summed E-state index contributed by atoms with van der Waals surface area (Å²) >= 11 is 0. The van der Waals surface area contributed by atoms with Crippen LogP contribution >= 0.6 is 0 Å². The average Bonchev–Trinajstić information content (AvgIpc) is 3.17. The predicted molar refractivity (Wildman–Crippen MR) is 255 cm³/mol. The van der Waals surface area contributed by atoms with Crippen LogP contribution in [0.25, 0.3) is 0 Å². The van der Waals surface area contributed by atoms with Crippen LogP contribution in [-0.2, 0) is 93.5 Å². The summed E-state index contributed by atoms with van der Waals surface area (Å²) < 4.78 is 20.0. The maximum Gasteiger partial charge on any atom is 0.302 e. The van der Waals surface area contributed by atoms with Gasteiger partial charge in [0, 0.05) is 28.1 Å². The van der Waals surface area contributed by atoms with Crippen LogP contribution < -0.4 is 0 Å². The first kappa shape index (κ1) is 65.6. The van der Waals surface area contributed by atoms with E-state index in [9.17, 15) is 9.59 Å². The maximum atomic E-state index is 10.7. The third-order valence-electron chi connectivity index (χ3n) is 8.23. The molecule has 0 spiro atoms. The number of rotatable bonds is 14. The third kappa shape index (κ3) is 29.0. The molecule has 0 atom stereocenters. The molecule has 0 amide bonds. The van der Waals surface area contributed by atoms with Crippen LogP contribution in [0.4, 0.5) is 0 Å². The molecule has 0 aliphatic carbocycles. The molecule has 0 aliphatic rings. The summed E-state index contributed by atoms with van der Waals surface area (Å²) in [6.45, 7) is 17.9. The SMILES string of the molecule is C.C.C.C.C.C.CCc1cc(CC)cc(COC(C)=O)c1.CCc1cc(CC)cc(COC)c1.CCc1ccc(COC(C)=O)cc1.CCc1ccc(COC)cc1. The summed E-state index contributed by atoms with van der Waals surface area (Å²) in [7, 11) is 3.46. The Morgan fingerprint density at radius 3 is 0.810 bits per heavy atom. The number of carbonyl (C=O) groups excluding carboxylic acids is 2. The highest BCUT2D eigenvalue weighted by Crippen LogP contribution is 2.14. The number of methoxy groups -OCH3 is 2. The fraction of sp³-hybridized carbons (Fsp3) is 0.500. The fourth-order valence-corrected chi connectivity index (χ4v) is 5.11. The van der Waals surface area contributed by atoms with Crippen molar-refractivity contribution in [3.05, 3.63) is 141 Å². The van der Waals surface area contributed by atoms with Crippen LogP contribution in [0.3, 0.4) is 0 Å². The van der Waals surface area contributed by atoms with Crippen molar-refractivity contribution in [2.45, 2.75) is 165 Å². The molecule has 0 saturated carbocycles.